The van der Waals surface area contributed by atoms with Crippen molar-refractivity contribution >= 4 is 11.6 Å². The van der Waals surface area contributed by atoms with Crippen LogP contribution in [-0.2, 0) is 4.74 Å². The second-order valence-electron chi connectivity index (χ2n) is 5.40. The van der Waals surface area contributed by atoms with Gasteiger partial charge >= 0.3 is 0 Å². The predicted molar refractivity (Wildman–Crippen MR) is 74.8 cm³/mol. The average molecular weight is 287 g/mol. The van der Waals surface area contributed by atoms with E-state index in [4.69, 9.17) is 22.1 Å². The van der Waals surface area contributed by atoms with Crippen molar-refractivity contribution in [3.63, 3.8) is 0 Å². The Balaban J connectivity index is 2.23. The average Bonchev–Trinajstić information content (AvgIpc) is 2.39. The van der Waals surface area contributed by atoms with Crippen LogP contribution in [0.3, 0.4) is 0 Å². The van der Waals surface area contributed by atoms with Crippen molar-refractivity contribution < 1.29 is 9.13 Å². The predicted octanol–water partition coefficient (Wildman–Crippen LogP) is 2.59. The summed E-state index contributed by atoms with van der Waals surface area (Å²) in [6, 6.07) is 4.24. The normalized spacial score (nSPS) is 19.4. The van der Waals surface area contributed by atoms with E-state index in [1.54, 1.807) is 12.1 Å². The fourth-order valence-corrected chi connectivity index (χ4v) is 2.63. The molecule has 0 radical (unpaired) electrons. The summed E-state index contributed by atoms with van der Waals surface area (Å²) < 4.78 is 19.3. The molecule has 2 rings (SSSR count). The van der Waals surface area contributed by atoms with Crippen LogP contribution in [0.25, 0.3) is 0 Å². The molecule has 1 unspecified atom stereocenters. The molecule has 5 heteroatoms. The topological polar surface area (TPSA) is 38.5 Å². The van der Waals surface area contributed by atoms with E-state index in [-0.39, 0.29) is 11.4 Å². The first kappa shape index (κ1) is 14.7. The van der Waals surface area contributed by atoms with Crippen molar-refractivity contribution in [2.45, 2.75) is 25.4 Å². The monoisotopic (exact) mass is 286 g/mol. The molecule has 106 valence electrons. The first-order valence-corrected chi connectivity index (χ1v) is 6.84. The Kier molecular flexibility index (Phi) is 4.46. The zero-order valence-electron chi connectivity index (χ0n) is 11.3. The quantitative estimate of drug-likeness (QED) is 0.928. The molecule has 1 atom stereocenters. The van der Waals surface area contributed by atoms with Gasteiger partial charge in [0.25, 0.3) is 0 Å². The minimum absolute atomic E-state index is 0.335. The summed E-state index contributed by atoms with van der Waals surface area (Å²) in [5.74, 6) is -0.346. The highest BCUT2D eigenvalue weighted by molar-refractivity contribution is 6.30. The Bertz CT molecular complexity index is 447. The Morgan fingerprint density at radius 3 is 2.58 bits per heavy atom. The molecule has 3 nitrogen and oxygen atoms in total. The van der Waals surface area contributed by atoms with Crippen LogP contribution in [0.2, 0.25) is 5.02 Å². The molecule has 0 amide bonds. The van der Waals surface area contributed by atoms with Crippen molar-refractivity contribution in [1.29, 1.82) is 0 Å². The molecule has 0 bridgehead atoms. The van der Waals surface area contributed by atoms with Crippen molar-refractivity contribution in [2.24, 2.45) is 5.73 Å². The zero-order valence-corrected chi connectivity index (χ0v) is 12.1. The van der Waals surface area contributed by atoms with Gasteiger partial charge in [0.2, 0.25) is 0 Å². The highest BCUT2D eigenvalue weighted by Gasteiger charge is 2.36. The number of nitrogens with two attached hydrogens (primary N) is 1. The van der Waals surface area contributed by atoms with Crippen molar-refractivity contribution in [1.82, 2.24) is 4.90 Å². The maximum absolute atomic E-state index is 14.0. The van der Waals surface area contributed by atoms with Gasteiger partial charge in [-0.15, -0.1) is 0 Å². The lowest BCUT2D eigenvalue weighted by Crippen LogP contribution is -2.55. The minimum atomic E-state index is -0.414. The number of ether oxygens (including phenoxy) is 1. The maximum atomic E-state index is 14.0. The molecule has 0 aromatic heterocycles. The molecule has 1 aliphatic rings. The van der Waals surface area contributed by atoms with E-state index in [0.717, 1.165) is 13.1 Å². The van der Waals surface area contributed by atoms with Gasteiger partial charge < -0.3 is 10.5 Å². The number of hydrogen-bond acceptors (Lipinski definition) is 3. The number of nitrogens with zero attached hydrogens (tertiary/aromatic N) is 1. The molecule has 1 saturated heterocycles. The lowest BCUT2D eigenvalue weighted by molar-refractivity contribution is -0.0194. The molecular formula is C14H20ClFN2O. The van der Waals surface area contributed by atoms with Crippen LogP contribution < -0.4 is 5.73 Å². The second-order valence-corrected chi connectivity index (χ2v) is 5.83. The molecule has 1 aliphatic heterocycles. The smallest absolute Gasteiger partial charge is 0.129 e. The Morgan fingerprint density at radius 2 is 2.00 bits per heavy atom. The fourth-order valence-electron chi connectivity index (χ4n) is 2.47. The lowest BCUT2D eigenvalue weighted by Gasteiger charge is -2.44. The largest absolute Gasteiger partial charge is 0.379 e. The van der Waals surface area contributed by atoms with Crippen molar-refractivity contribution in [2.75, 3.05) is 26.3 Å². The third-order valence-corrected chi connectivity index (χ3v) is 4.12. The van der Waals surface area contributed by atoms with Gasteiger partial charge in [-0.05, 0) is 26.0 Å². The van der Waals surface area contributed by atoms with Gasteiger partial charge in [-0.25, -0.2) is 4.39 Å². The van der Waals surface area contributed by atoms with E-state index in [1.807, 2.05) is 13.8 Å². The van der Waals surface area contributed by atoms with Gasteiger partial charge in [0.05, 0.1) is 19.3 Å². The molecule has 1 fully saturated rings. The minimum Gasteiger partial charge on any atom is -0.379 e. The number of rotatable bonds is 3. The highest BCUT2D eigenvalue weighted by Crippen LogP contribution is 2.31. The summed E-state index contributed by atoms with van der Waals surface area (Å²) in [4.78, 5) is 2.25. The van der Waals surface area contributed by atoms with Crippen LogP contribution in [0.1, 0.15) is 25.5 Å². The van der Waals surface area contributed by atoms with Crippen LogP contribution in [-0.4, -0.2) is 36.7 Å². The number of hydrogen-bond donors (Lipinski definition) is 1. The summed E-state index contributed by atoms with van der Waals surface area (Å²) in [7, 11) is 0. The zero-order chi connectivity index (χ0) is 14.0. The standard InChI is InChI=1S/C14H20ClFN2O/c1-14(2,18-5-7-19-8-6-18)13(17)11-4-3-10(15)9-12(11)16/h3-4,9,13H,5-8,17H2,1-2H3. The van der Waals surface area contributed by atoms with Crippen LogP contribution >= 0.6 is 11.6 Å². The Morgan fingerprint density at radius 1 is 1.37 bits per heavy atom. The molecule has 1 aromatic carbocycles. The molecule has 2 N–H and O–H groups in total. The summed E-state index contributed by atoms with van der Waals surface area (Å²) in [6.45, 7) is 7.10. The maximum Gasteiger partial charge on any atom is 0.129 e. The van der Waals surface area contributed by atoms with Gasteiger partial charge in [0, 0.05) is 29.2 Å². The number of halogens is 2. The summed E-state index contributed by atoms with van der Waals surface area (Å²) >= 11 is 5.78. The number of morpholine rings is 1. The second kappa shape index (κ2) is 5.75. The molecular weight excluding hydrogens is 267 g/mol. The van der Waals surface area contributed by atoms with Crippen LogP contribution in [0.5, 0.6) is 0 Å². The molecule has 1 heterocycles. The van der Waals surface area contributed by atoms with Gasteiger partial charge in [0.15, 0.2) is 0 Å². The van der Waals surface area contributed by atoms with Gasteiger partial charge in [-0.3, -0.25) is 4.90 Å². The van der Waals surface area contributed by atoms with E-state index in [1.165, 1.54) is 6.07 Å². The molecule has 0 saturated carbocycles. The first-order valence-electron chi connectivity index (χ1n) is 6.46. The SMILES string of the molecule is CC(C)(C(N)c1ccc(Cl)cc1F)N1CCOCC1. The van der Waals surface area contributed by atoms with E-state index in [2.05, 4.69) is 4.90 Å². The summed E-state index contributed by atoms with van der Waals surface area (Å²) in [6.07, 6.45) is 0. The molecule has 0 aliphatic carbocycles. The van der Waals surface area contributed by atoms with Crippen LogP contribution in [0.15, 0.2) is 18.2 Å². The van der Waals surface area contributed by atoms with Crippen molar-refractivity contribution in [3.05, 3.63) is 34.6 Å². The Labute approximate surface area is 118 Å². The lowest BCUT2D eigenvalue weighted by atomic mass is 9.87. The Hall–Kier alpha value is -0.680. The fraction of sp³-hybridized carbons (Fsp3) is 0.571. The summed E-state index contributed by atoms with van der Waals surface area (Å²) in [5.41, 5.74) is 6.45. The third kappa shape index (κ3) is 3.08. The van der Waals surface area contributed by atoms with Gasteiger partial charge in [-0.1, -0.05) is 17.7 Å². The van der Waals surface area contributed by atoms with E-state index in [0.29, 0.717) is 23.8 Å². The van der Waals surface area contributed by atoms with Crippen LogP contribution in [0, 0.1) is 5.82 Å². The number of benzene rings is 1. The summed E-state index contributed by atoms with van der Waals surface area (Å²) in [5, 5.41) is 0.387. The van der Waals surface area contributed by atoms with E-state index in [9.17, 15) is 4.39 Å². The van der Waals surface area contributed by atoms with E-state index < -0.39 is 6.04 Å². The molecule has 1 aromatic rings. The third-order valence-electron chi connectivity index (χ3n) is 3.88. The first-order chi connectivity index (χ1) is 8.93. The molecule has 0 spiro atoms. The van der Waals surface area contributed by atoms with Gasteiger partial charge in [0.1, 0.15) is 5.82 Å². The van der Waals surface area contributed by atoms with Crippen molar-refractivity contribution in [3.8, 4) is 0 Å². The molecule has 19 heavy (non-hydrogen) atoms. The highest BCUT2D eigenvalue weighted by atomic mass is 35.5. The van der Waals surface area contributed by atoms with Gasteiger partial charge in [-0.2, -0.15) is 0 Å². The van der Waals surface area contributed by atoms with E-state index >= 15 is 0 Å². The van der Waals surface area contributed by atoms with Crippen LogP contribution in [0.4, 0.5) is 4.39 Å².